The van der Waals surface area contributed by atoms with Gasteiger partial charge in [0, 0.05) is 18.7 Å². The van der Waals surface area contributed by atoms with Gasteiger partial charge in [0.05, 0.1) is 0 Å². The van der Waals surface area contributed by atoms with E-state index in [4.69, 9.17) is 11.6 Å². The van der Waals surface area contributed by atoms with Gasteiger partial charge < -0.3 is 4.85 Å². The monoisotopic (exact) mass is 256 g/mol. The summed E-state index contributed by atoms with van der Waals surface area (Å²) >= 11 is 0. The van der Waals surface area contributed by atoms with Crippen LogP contribution in [0.5, 0.6) is 0 Å². The Bertz CT molecular complexity index is 401. The first-order valence-corrected chi connectivity index (χ1v) is 7.30. The molecule has 19 heavy (non-hydrogen) atoms. The SMILES string of the molecule is [C-]#[N+]CCCC(=NCCCCCC)c1ccccc1. The van der Waals surface area contributed by atoms with Gasteiger partial charge in [-0.1, -0.05) is 56.5 Å². The summed E-state index contributed by atoms with van der Waals surface area (Å²) in [5.74, 6) is 0. The Kier molecular flexibility index (Phi) is 8.38. The largest absolute Gasteiger partial charge is 0.317 e. The van der Waals surface area contributed by atoms with E-state index in [1.807, 2.05) is 6.07 Å². The number of unbranched alkanes of at least 4 members (excludes halogenated alkanes) is 3. The summed E-state index contributed by atoms with van der Waals surface area (Å²) in [6, 6.07) is 10.4. The number of aliphatic imine (C=N–C) groups is 1. The normalized spacial score (nSPS) is 11.3. The topological polar surface area (TPSA) is 16.7 Å². The van der Waals surface area contributed by atoms with Crippen molar-refractivity contribution in [2.75, 3.05) is 13.1 Å². The molecule has 0 N–H and O–H groups in total. The molecule has 0 aliphatic heterocycles. The average Bonchev–Trinajstić information content (AvgIpc) is 2.46. The summed E-state index contributed by atoms with van der Waals surface area (Å²) in [4.78, 5) is 8.17. The van der Waals surface area contributed by atoms with Crippen molar-refractivity contribution >= 4 is 5.71 Å². The first kappa shape index (κ1) is 15.4. The summed E-state index contributed by atoms with van der Waals surface area (Å²) in [6.07, 6.45) is 6.83. The van der Waals surface area contributed by atoms with Crippen LogP contribution in [0.4, 0.5) is 0 Å². The van der Waals surface area contributed by atoms with Crippen LogP contribution in [0.2, 0.25) is 0 Å². The van der Waals surface area contributed by atoms with Gasteiger partial charge in [0.25, 0.3) is 0 Å². The molecule has 0 spiro atoms. The molecule has 0 heterocycles. The second-order valence-corrected chi connectivity index (χ2v) is 4.74. The average molecular weight is 256 g/mol. The van der Waals surface area contributed by atoms with Gasteiger partial charge in [-0.05, 0) is 18.4 Å². The molecule has 0 aliphatic carbocycles. The Morgan fingerprint density at radius 3 is 2.58 bits per heavy atom. The Hall–Kier alpha value is -1.62. The highest BCUT2D eigenvalue weighted by atomic mass is 14.7. The van der Waals surface area contributed by atoms with Gasteiger partial charge in [0.1, 0.15) is 0 Å². The lowest BCUT2D eigenvalue weighted by Crippen LogP contribution is -2.03. The summed E-state index contributed by atoms with van der Waals surface area (Å²) in [5.41, 5.74) is 2.38. The highest BCUT2D eigenvalue weighted by molar-refractivity contribution is 6.00. The zero-order valence-electron chi connectivity index (χ0n) is 11.9. The number of rotatable bonds is 9. The molecular weight excluding hydrogens is 232 g/mol. The minimum Gasteiger partial charge on any atom is -0.317 e. The summed E-state index contributed by atoms with van der Waals surface area (Å²) in [5, 5.41) is 0. The molecule has 0 fully saturated rings. The van der Waals surface area contributed by atoms with Crippen molar-refractivity contribution in [3.8, 4) is 0 Å². The highest BCUT2D eigenvalue weighted by Crippen LogP contribution is 2.08. The number of hydrogen-bond acceptors (Lipinski definition) is 1. The molecule has 0 aromatic heterocycles. The fourth-order valence-corrected chi connectivity index (χ4v) is 2.02. The second-order valence-electron chi connectivity index (χ2n) is 4.74. The zero-order chi connectivity index (χ0) is 13.8. The molecular formula is C17H24N2. The molecule has 0 unspecified atom stereocenters. The molecule has 0 radical (unpaired) electrons. The maximum absolute atomic E-state index is 6.85. The smallest absolute Gasteiger partial charge is 0.215 e. The molecule has 0 bridgehead atoms. The van der Waals surface area contributed by atoms with E-state index in [-0.39, 0.29) is 0 Å². The van der Waals surface area contributed by atoms with Crippen molar-refractivity contribution in [3.05, 3.63) is 47.3 Å². The van der Waals surface area contributed by atoms with Gasteiger partial charge in [-0.15, -0.1) is 0 Å². The van der Waals surface area contributed by atoms with Gasteiger partial charge in [-0.2, -0.15) is 0 Å². The van der Waals surface area contributed by atoms with E-state index >= 15 is 0 Å². The first-order chi connectivity index (χ1) is 9.38. The van der Waals surface area contributed by atoms with Crippen LogP contribution in [-0.4, -0.2) is 18.8 Å². The van der Waals surface area contributed by atoms with E-state index < -0.39 is 0 Å². The second kappa shape index (κ2) is 10.3. The first-order valence-electron chi connectivity index (χ1n) is 7.30. The van der Waals surface area contributed by atoms with E-state index in [9.17, 15) is 0 Å². The minimum atomic E-state index is 0.599. The summed E-state index contributed by atoms with van der Waals surface area (Å²) < 4.78 is 0. The van der Waals surface area contributed by atoms with Crippen molar-refractivity contribution in [1.29, 1.82) is 0 Å². The van der Waals surface area contributed by atoms with E-state index in [1.165, 1.54) is 37.0 Å². The van der Waals surface area contributed by atoms with Crippen LogP contribution in [0.3, 0.4) is 0 Å². The fourth-order valence-electron chi connectivity index (χ4n) is 2.02. The molecule has 1 rings (SSSR count). The quantitative estimate of drug-likeness (QED) is 0.344. The third-order valence-corrected chi connectivity index (χ3v) is 3.10. The third kappa shape index (κ3) is 6.76. The molecule has 1 aromatic carbocycles. The van der Waals surface area contributed by atoms with Crippen LogP contribution >= 0.6 is 0 Å². The standard InChI is InChI=1S/C17H24N2/c1-3-4-5-9-15-19-17(13-10-14-18-2)16-11-7-6-8-12-16/h6-8,11-12H,3-5,9-10,13-15H2,1H3. The Morgan fingerprint density at radius 2 is 1.89 bits per heavy atom. The predicted molar refractivity (Wildman–Crippen MR) is 82.7 cm³/mol. The molecule has 0 atom stereocenters. The third-order valence-electron chi connectivity index (χ3n) is 3.10. The number of nitrogens with zero attached hydrogens (tertiary/aromatic N) is 2. The molecule has 0 saturated heterocycles. The molecule has 0 aliphatic rings. The maximum Gasteiger partial charge on any atom is 0.215 e. The molecule has 2 heteroatoms. The van der Waals surface area contributed by atoms with Crippen molar-refractivity contribution in [3.63, 3.8) is 0 Å². The van der Waals surface area contributed by atoms with Crippen molar-refractivity contribution < 1.29 is 0 Å². The van der Waals surface area contributed by atoms with Crippen LogP contribution < -0.4 is 0 Å². The minimum absolute atomic E-state index is 0.599. The zero-order valence-corrected chi connectivity index (χ0v) is 11.9. The molecule has 2 nitrogen and oxygen atoms in total. The summed E-state index contributed by atoms with van der Waals surface area (Å²) in [7, 11) is 0. The number of benzene rings is 1. The predicted octanol–water partition coefficient (Wildman–Crippen LogP) is 4.76. The lowest BCUT2D eigenvalue weighted by atomic mass is 10.1. The van der Waals surface area contributed by atoms with Crippen LogP contribution in [-0.2, 0) is 0 Å². The van der Waals surface area contributed by atoms with Crippen LogP contribution in [0, 0.1) is 6.57 Å². The fraction of sp³-hybridized carbons (Fsp3) is 0.529. The van der Waals surface area contributed by atoms with Crippen LogP contribution in [0.25, 0.3) is 4.85 Å². The molecule has 0 amide bonds. The van der Waals surface area contributed by atoms with Crippen molar-refractivity contribution in [2.24, 2.45) is 4.99 Å². The Labute approximate surface area is 117 Å². The van der Waals surface area contributed by atoms with E-state index in [0.29, 0.717) is 6.54 Å². The van der Waals surface area contributed by atoms with E-state index in [0.717, 1.165) is 19.4 Å². The Morgan fingerprint density at radius 1 is 1.11 bits per heavy atom. The lowest BCUT2D eigenvalue weighted by Gasteiger charge is -2.05. The highest BCUT2D eigenvalue weighted by Gasteiger charge is 2.03. The van der Waals surface area contributed by atoms with Gasteiger partial charge >= 0.3 is 0 Å². The summed E-state index contributed by atoms with van der Waals surface area (Å²) in [6.45, 7) is 10.6. The number of hydrogen-bond donors (Lipinski definition) is 0. The van der Waals surface area contributed by atoms with E-state index in [2.05, 4.69) is 36.0 Å². The van der Waals surface area contributed by atoms with Gasteiger partial charge in [0.15, 0.2) is 0 Å². The molecule has 102 valence electrons. The van der Waals surface area contributed by atoms with E-state index in [1.54, 1.807) is 0 Å². The van der Waals surface area contributed by atoms with Gasteiger partial charge in [0.2, 0.25) is 6.54 Å². The molecule has 0 saturated carbocycles. The van der Waals surface area contributed by atoms with Crippen LogP contribution in [0.1, 0.15) is 51.0 Å². The molecule has 1 aromatic rings. The van der Waals surface area contributed by atoms with Crippen molar-refractivity contribution in [2.45, 2.75) is 45.4 Å². The lowest BCUT2D eigenvalue weighted by molar-refractivity contribution is 0.674. The maximum atomic E-state index is 6.85. The Balaban J connectivity index is 2.54. The van der Waals surface area contributed by atoms with Gasteiger partial charge in [-0.25, -0.2) is 6.57 Å². The van der Waals surface area contributed by atoms with Crippen molar-refractivity contribution in [1.82, 2.24) is 0 Å². The van der Waals surface area contributed by atoms with Crippen LogP contribution in [0.15, 0.2) is 35.3 Å². The van der Waals surface area contributed by atoms with Gasteiger partial charge in [-0.3, -0.25) is 4.99 Å².